The molecule has 0 aromatic rings. The maximum atomic E-state index is 11.9. The number of hydrogen-bond acceptors (Lipinski definition) is 6. The molecule has 0 spiro atoms. The van der Waals surface area contributed by atoms with Crippen LogP contribution in [0.2, 0.25) is 0 Å². The van der Waals surface area contributed by atoms with Crippen molar-refractivity contribution in [3.05, 3.63) is 24.0 Å². The van der Waals surface area contributed by atoms with Crippen LogP contribution in [-0.4, -0.2) is 46.0 Å². The second kappa shape index (κ2) is 6.81. The molecule has 2 heterocycles. The first-order valence-corrected chi connectivity index (χ1v) is 7.26. The first-order valence-electron chi connectivity index (χ1n) is 7.26. The van der Waals surface area contributed by atoms with Crippen molar-refractivity contribution in [2.75, 3.05) is 27.4 Å². The van der Waals surface area contributed by atoms with Crippen molar-refractivity contribution in [1.82, 2.24) is 0 Å². The molecule has 22 heavy (non-hydrogen) atoms. The van der Waals surface area contributed by atoms with E-state index in [0.717, 1.165) is 0 Å². The molecule has 0 N–H and O–H groups in total. The Balaban J connectivity index is 2.10. The van der Waals surface area contributed by atoms with Crippen molar-refractivity contribution in [3.63, 3.8) is 0 Å². The van der Waals surface area contributed by atoms with Gasteiger partial charge in [-0.05, 0) is 5.57 Å². The van der Waals surface area contributed by atoms with Gasteiger partial charge in [0.1, 0.15) is 0 Å². The molecule has 2 rings (SSSR count). The Hall–Kier alpha value is -1.37. The Morgan fingerprint density at radius 1 is 1.36 bits per heavy atom. The highest BCUT2D eigenvalue weighted by Crippen LogP contribution is 2.36. The van der Waals surface area contributed by atoms with Crippen molar-refractivity contribution in [2.24, 2.45) is 11.3 Å². The third-order valence-corrected chi connectivity index (χ3v) is 3.83. The van der Waals surface area contributed by atoms with Crippen molar-refractivity contribution in [3.8, 4) is 0 Å². The van der Waals surface area contributed by atoms with Gasteiger partial charge in [-0.25, -0.2) is 4.79 Å². The fourth-order valence-electron chi connectivity index (χ4n) is 2.52. The number of esters is 1. The van der Waals surface area contributed by atoms with Gasteiger partial charge in [0.05, 0.1) is 32.2 Å². The van der Waals surface area contributed by atoms with Crippen molar-refractivity contribution >= 4 is 5.97 Å². The Kier molecular flexibility index (Phi) is 5.26. The lowest BCUT2D eigenvalue weighted by atomic mass is 9.86. The fraction of sp³-hybridized carbons (Fsp3) is 0.688. The van der Waals surface area contributed by atoms with Crippen LogP contribution >= 0.6 is 0 Å². The Morgan fingerprint density at radius 2 is 2.00 bits per heavy atom. The molecular weight excluding hydrogens is 288 g/mol. The maximum absolute atomic E-state index is 11.9. The molecule has 2 aliphatic rings. The van der Waals surface area contributed by atoms with Crippen LogP contribution in [0.5, 0.6) is 0 Å². The number of rotatable bonds is 4. The van der Waals surface area contributed by atoms with Crippen LogP contribution in [0.3, 0.4) is 0 Å². The minimum Gasteiger partial charge on any atom is -0.468 e. The van der Waals surface area contributed by atoms with Crippen LogP contribution in [0, 0.1) is 11.3 Å². The number of carbonyl (C=O) groups excluding carboxylic acids is 1. The van der Waals surface area contributed by atoms with Gasteiger partial charge >= 0.3 is 5.97 Å². The highest BCUT2D eigenvalue weighted by atomic mass is 16.7. The van der Waals surface area contributed by atoms with Gasteiger partial charge in [-0.1, -0.05) is 20.4 Å². The minimum atomic E-state index is -0.585. The van der Waals surface area contributed by atoms with Crippen LogP contribution < -0.4 is 0 Å². The summed E-state index contributed by atoms with van der Waals surface area (Å²) >= 11 is 0. The van der Waals surface area contributed by atoms with E-state index >= 15 is 0 Å². The summed E-state index contributed by atoms with van der Waals surface area (Å²) in [5.41, 5.74) is 1.06. The second-order valence-electron chi connectivity index (χ2n) is 6.35. The molecule has 2 aliphatic heterocycles. The zero-order chi connectivity index (χ0) is 16.3. The summed E-state index contributed by atoms with van der Waals surface area (Å²) in [7, 11) is 2.86. The Morgan fingerprint density at radius 3 is 2.55 bits per heavy atom. The predicted octanol–water partition coefficient (Wildman–Crippen LogP) is 2.01. The van der Waals surface area contributed by atoms with Gasteiger partial charge < -0.3 is 23.7 Å². The maximum Gasteiger partial charge on any atom is 0.337 e. The lowest BCUT2D eigenvalue weighted by Gasteiger charge is -2.37. The van der Waals surface area contributed by atoms with Crippen LogP contribution in [0.25, 0.3) is 0 Å². The smallest absolute Gasteiger partial charge is 0.337 e. The van der Waals surface area contributed by atoms with Crippen LogP contribution in [-0.2, 0) is 28.5 Å². The zero-order valence-electron chi connectivity index (χ0n) is 13.6. The molecule has 0 radical (unpaired) electrons. The van der Waals surface area contributed by atoms with E-state index in [9.17, 15) is 4.79 Å². The molecule has 0 aromatic heterocycles. The normalized spacial score (nSPS) is 28.7. The van der Waals surface area contributed by atoms with Crippen molar-refractivity contribution < 1.29 is 28.5 Å². The highest BCUT2D eigenvalue weighted by Gasteiger charge is 2.38. The van der Waals surface area contributed by atoms with Crippen molar-refractivity contribution in [1.29, 1.82) is 0 Å². The molecule has 0 saturated carbocycles. The van der Waals surface area contributed by atoms with E-state index < -0.39 is 18.5 Å². The van der Waals surface area contributed by atoms with Gasteiger partial charge in [0.2, 0.25) is 6.29 Å². The summed E-state index contributed by atoms with van der Waals surface area (Å²) in [6.45, 7) is 9.38. The number of ether oxygens (including phenoxy) is 5. The van der Waals surface area contributed by atoms with Gasteiger partial charge in [-0.3, -0.25) is 0 Å². The molecule has 0 aromatic carbocycles. The van der Waals surface area contributed by atoms with E-state index in [1.807, 2.05) is 0 Å². The quantitative estimate of drug-likeness (QED) is 0.584. The Bertz CT molecular complexity index is 457. The standard InChI is InChI=1S/C16H24O6/c1-10-11(6-13-21-8-16(2,3)9-22-13)12(14(17)18-4)7-20-15(10)19-5/h7,11,13,15H,1,6,8-9H2,2-5H3/t11-,15-/m0/s1. The Labute approximate surface area is 131 Å². The minimum absolute atomic E-state index is 0.000726. The summed E-state index contributed by atoms with van der Waals surface area (Å²) in [6.07, 6.45) is 0.877. The molecule has 0 bridgehead atoms. The summed E-state index contributed by atoms with van der Waals surface area (Å²) in [5.74, 6) is -0.741. The number of methoxy groups -OCH3 is 2. The number of hydrogen-bond donors (Lipinski definition) is 0. The molecule has 0 unspecified atom stereocenters. The fourth-order valence-corrected chi connectivity index (χ4v) is 2.52. The third kappa shape index (κ3) is 3.69. The largest absolute Gasteiger partial charge is 0.468 e. The van der Waals surface area contributed by atoms with Crippen LogP contribution in [0.1, 0.15) is 20.3 Å². The first-order chi connectivity index (χ1) is 10.4. The lowest BCUT2D eigenvalue weighted by molar-refractivity contribution is -0.227. The van der Waals surface area contributed by atoms with Crippen LogP contribution in [0.4, 0.5) is 0 Å². The predicted molar refractivity (Wildman–Crippen MR) is 78.7 cm³/mol. The third-order valence-electron chi connectivity index (χ3n) is 3.83. The van der Waals surface area contributed by atoms with Gasteiger partial charge in [0, 0.05) is 24.9 Å². The van der Waals surface area contributed by atoms with Gasteiger partial charge in [0.15, 0.2) is 6.29 Å². The number of carbonyl (C=O) groups is 1. The lowest BCUT2D eigenvalue weighted by Crippen LogP contribution is -2.40. The summed E-state index contributed by atoms with van der Waals surface area (Å²) in [4.78, 5) is 11.9. The molecule has 0 aliphatic carbocycles. The molecule has 6 heteroatoms. The van der Waals surface area contributed by atoms with E-state index in [-0.39, 0.29) is 11.3 Å². The van der Waals surface area contributed by atoms with E-state index in [0.29, 0.717) is 30.8 Å². The van der Waals surface area contributed by atoms with E-state index in [2.05, 4.69) is 20.4 Å². The zero-order valence-corrected chi connectivity index (χ0v) is 13.6. The first kappa shape index (κ1) is 17.0. The molecular formula is C16H24O6. The second-order valence-corrected chi connectivity index (χ2v) is 6.35. The SMILES string of the molecule is C=C1[C@@H](OC)OC=C(C(=O)OC)[C@H]1CC1OCC(C)(C)CO1. The van der Waals surface area contributed by atoms with E-state index in [1.54, 1.807) is 0 Å². The summed E-state index contributed by atoms with van der Waals surface area (Å²) in [6, 6.07) is 0. The molecule has 6 nitrogen and oxygen atoms in total. The molecule has 0 amide bonds. The molecule has 1 fully saturated rings. The monoisotopic (exact) mass is 312 g/mol. The average Bonchev–Trinajstić information content (AvgIpc) is 2.50. The molecule has 124 valence electrons. The topological polar surface area (TPSA) is 63.2 Å². The molecule has 1 saturated heterocycles. The van der Waals surface area contributed by atoms with Crippen LogP contribution in [0.15, 0.2) is 24.0 Å². The van der Waals surface area contributed by atoms with Crippen molar-refractivity contribution in [2.45, 2.75) is 32.8 Å². The molecule has 2 atom stereocenters. The summed E-state index contributed by atoms with van der Waals surface area (Å²) < 4.78 is 26.9. The van der Waals surface area contributed by atoms with E-state index in [1.165, 1.54) is 20.5 Å². The summed E-state index contributed by atoms with van der Waals surface area (Å²) in [5, 5.41) is 0. The van der Waals surface area contributed by atoms with Gasteiger partial charge in [-0.15, -0.1) is 0 Å². The van der Waals surface area contributed by atoms with Gasteiger partial charge in [-0.2, -0.15) is 0 Å². The van der Waals surface area contributed by atoms with E-state index in [4.69, 9.17) is 23.7 Å². The average molecular weight is 312 g/mol. The van der Waals surface area contributed by atoms with Gasteiger partial charge in [0.25, 0.3) is 0 Å². The highest BCUT2D eigenvalue weighted by molar-refractivity contribution is 5.89.